The summed E-state index contributed by atoms with van der Waals surface area (Å²) in [5.41, 5.74) is 5.12. The van der Waals surface area contributed by atoms with Crippen LogP contribution in [0.2, 0.25) is 0 Å². The second-order valence-electron chi connectivity index (χ2n) is 6.47. The minimum atomic E-state index is -0.509. The van der Waals surface area contributed by atoms with E-state index in [2.05, 4.69) is 16.7 Å². The quantitative estimate of drug-likeness (QED) is 0.443. The summed E-state index contributed by atoms with van der Waals surface area (Å²) in [6.45, 7) is 2.33. The van der Waals surface area contributed by atoms with Gasteiger partial charge in [-0.15, -0.1) is 6.42 Å². The average Bonchev–Trinajstić information content (AvgIpc) is 3.47. The van der Waals surface area contributed by atoms with Crippen molar-refractivity contribution < 1.29 is 14.6 Å². The monoisotopic (exact) mass is 365 g/mol. The molecule has 138 valence electrons. The third-order valence-corrected chi connectivity index (χ3v) is 4.30. The lowest BCUT2D eigenvalue weighted by molar-refractivity contribution is -0.384. The van der Waals surface area contributed by atoms with E-state index < -0.39 is 10.8 Å². The predicted octanol–water partition coefficient (Wildman–Crippen LogP) is 3.70. The van der Waals surface area contributed by atoms with Gasteiger partial charge in [0.25, 0.3) is 11.6 Å². The fourth-order valence-electron chi connectivity index (χ4n) is 2.55. The number of amides is 1. The summed E-state index contributed by atoms with van der Waals surface area (Å²) in [6.07, 6.45) is 7.61. The Labute approximate surface area is 156 Å². The number of anilines is 2. The van der Waals surface area contributed by atoms with Crippen molar-refractivity contribution in [3.8, 4) is 12.3 Å². The largest absolute Gasteiger partial charge is 0.354 e. The van der Waals surface area contributed by atoms with Crippen molar-refractivity contribution in [1.82, 2.24) is 5.48 Å². The fraction of sp³-hybridized carbons (Fsp3) is 0.250. The molecule has 0 aromatic heterocycles. The minimum absolute atomic E-state index is 0.120. The highest BCUT2D eigenvalue weighted by Gasteiger charge is 2.22. The lowest BCUT2D eigenvalue weighted by atomic mass is 10.1. The Bertz CT molecular complexity index is 929. The van der Waals surface area contributed by atoms with Crippen molar-refractivity contribution >= 4 is 23.0 Å². The Balaban J connectivity index is 1.86. The molecule has 0 aliphatic heterocycles. The van der Waals surface area contributed by atoms with Crippen LogP contribution in [-0.4, -0.2) is 17.4 Å². The van der Waals surface area contributed by atoms with Crippen LogP contribution in [0.3, 0.4) is 0 Å². The molecule has 0 heterocycles. The van der Waals surface area contributed by atoms with Gasteiger partial charge in [-0.05, 0) is 55.5 Å². The van der Waals surface area contributed by atoms with Crippen molar-refractivity contribution in [2.24, 2.45) is 5.92 Å². The van der Waals surface area contributed by atoms with Crippen molar-refractivity contribution in [3.63, 3.8) is 0 Å². The highest BCUT2D eigenvalue weighted by molar-refractivity contribution is 6.00. The molecule has 0 saturated heterocycles. The van der Waals surface area contributed by atoms with Crippen molar-refractivity contribution in [2.75, 3.05) is 11.9 Å². The summed E-state index contributed by atoms with van der Waals surface area (Å²) in [5.74, 6) is 2.58. The molecule has 1 amide bonds. The molecule has 0 atom stereocenters. The molecule has 2 N–H and O–H groups in total. The molecule has 0 spiro atoms. The number of terminal acetylenes is 1. The van der Waals surface area contributed by atoms with E-state index in [4.69, 9.17) is 11.3 Å². The maximum Gasteiger partial charge on any atom is 0.276 e. The Morgan fingerprint density at radius 2 is 2.07 bits per heavy atom. The molecular weight excluding hydrogens is 346 g/mol. The first-order chi connectivity index (χ1) is 13.0. The molecule has 1 fully saturated rings. The SMILES string of the molecule is C#Cc1ccc(Nc2cc([N+](=O)[O-])ccc2C(=O)NOCC2CC2)c(C)c1. The first-order valence-electron chi connectivity index (χ1n) is 8.53. The smallest absolute Gasteiger partial charge is 0.276 e. The van der Waals surface area contributed by atoms with E-state index in [0.29, 0.717) is 23.9 Å². The molecule has 3 rings (SSSR count). The third-order valence-electron chi connectivity index (χ3n) is 4.30. The predicted molar refractivity (Wildman–Crippen MR) is 102 cm³/mol. The number of aryl methyl sites for hydroxylation is 1. The van der Waals surface area contributed by atoms with E-state index in [1.807, 2.05) is 13.0 Å². The van der Waals surface area contributed by atoms with Crippen LogP contribution in [0.25, 0.3) is 0 Å². The van der Waals surface area contributed by atoms with Crippen LogP contribution in [0.1, 0.15) is 34.3 Å². The summed E-state index contributed by atoms with van der Waals surface area (Å²) in [5, 5.41) is 14.2. The first-order valence-corrected chi connectivity index (χ1v) is 8.53. The van der Waals surface area contributed by atoms with Gasteiger partial charge in [-0.2, -0.15) is 0 Å². The number of hydrogen-bond donors (Lipinski definition) is 2. The number of nitro groups is 1. The van der Waals surface area contributed by atoms with Gasteiger partial charge in [-0.3, -0.25) is 19.7 Å². The zero-order chi connectivity index (χ0) is 19.4. The maximum atomic E-state index is 12.5. The van der Waals surface area contributed by atoms with E-state index in [-0.39, 0.29) is 11.3 Å². The van der Waals surface area contributed by atoms with Crippen LogP contribution >= 0.6 is 0 Å². The number of hydroxylamine groups is 1. The number of nitro benzene ring substituents is 1. The minimum Gasteiger partial charge on any atom is -0.354 e. The molecule has 27 heavy (non-hydrogen) atoms. The second-order valence-corrected chi connectivity index (χ2v) is 6.47. The molecule has 7 nitrogen and oxygen atoms in total. The van der Waals surface area contributed by atoms with Gasteiger partial charge in [-0.25, -0.2) is 5.48 Å². The highest BCUT2D eigenvalue weighted by atomic mass is 16.7. The van der Waals surface area contributed by atoms with Gasteiger partial charge in [0, 0.05) is 23.4 Å². The number of benzene rings is 2. The number of carbonyl (C=O) groups is 1. The molecular formula is C20H19N3O4. The zero-order valence-electron chi connectivity index (χ0n) is 14.8. The van der Waals surface area contributed by atoms with Crippen LogP contribution < -0.4 is 10.8 Å². The van der Waals surface area contributed by atoms with Crippen LogP contribution in [0.5, 0.6) is 0 Å². The van der Waals surface area contributed by atoms with Gasteiger partial charge in [0.2, 0.25) is 0 Å². The molecule has 2 aromatic carbocycles. The standard InChI is InChI=1S/C20H19N3O4/c1-3-14-6-9-18(13(2)10-14)21-19-11-16(23(25)26)7-8-17(19)20(24)22-27-12-15-4-5-15/h1,6-11,15,21H,4-5,12H2,2H3,(H,22,24). The van der Waals surface area contributed by atoms with E-state index in [1.165, 1.54) is 18.2 Å². The maximum absolute atomic E-state index is 12.5. The molecule has 0 bridgehead atoms. The summed E-state index contributed by atoms with van der Waals surface area (Å²) in [4.78, 5) is 28.3. The van der Waals surface area contributed by atoms with Crippen LogP contribution in [0.4, 0.5) is 17.1 Å². The fourth-order valence-corrected chi connectivity index (χ4v) is 2.55. The number of hydrogen-bond acceptors (Lipinski definition) is 5. The van der Waals surface area contributed by atoms with E-state index in [9.17, 15) is 14.9 Å². The molecule has 2 aromatic rings. The van der Waals surface area contributed by atoms with Gasteiger partial charge >= 0.3 is 0 Å². The lowest BCUT2D eigenvalue weighted by Crippen LogP contribution is -2.25. The summed E-state index contributed by atoms with van der Waals surface area (Å²) < 4.78 is 0. The van der Waals surface area contributed by atoms with Crippen LogP contribution in [0.15, 0.2) is 36.4 Å². The van der Waals surface area contributed by atoms with Crippen molar-refractivity contribution in [2.45, 2.75) is 19.8 Å². The Morgan fingerprint density at radius 3 is 2.70 bits per heavy atom. The van der Waals surface area contributed by atoms with E-state index >= 15 is 0 Å². The molecule has 0 radical (unpaired) electrons. The number of non-ortho nitro benzene ring substituents is 1. The van der Waals surface area contributed by atoms with Gasteiger partial charge in [0.15, 0.2) is 0 Å². The van der Waals surface area contributed by atoms with Gasteiger partial charge < -0.3 is 5.32 Å². The third kappa shape index (κ3) is 4.63. The summed E-state index contributed by atoms with van der Waals surface area (Å²) >= 11 is 0. The second kappa shape index (κ2) is 7.89. The molecule has 1 saturated carbocycles. The topological polar surface area (TPSA) is 93.5 Å². The zero-order valence-corrected chi connectivity index (χ0v) is 14.8. The number of rotatable bonds is 7. The Hall–Kier alpha value is -3.37. The molecule has 1 aliphatic rings. The molecule has 7 heteroatoms. The summed E-state index contributed by atoms with van der Waals surface area (Å²) in [7, 11) is 0. The lowest BCUT2D eigenvalue weighted by Gasteiger charge is -2.14. The van der Waals surface area contributed by atoms with Crippen LogP contribution in [0, 0.1) is 35.3 Å². The van der Waals surface area contributed by atoms with Gasteiger partial charge in [0.05, 0.1) is 22.8 Å². The van der Waals surface area contributed by atoms with Crippen LogP contribution in [-0.2, 0) is 4.84 Å². The van der Waals surface area contributed by atoms with Crippen molar-refractivity contribution in [3.05, 3.63) is 63.2 Å². The average molecular weight is 365 g/mol. The number of nitrogens with one attached hydrogen (secondary N) is 2. The summed E-state index contributed by atoms with van der Waals surface area (Å²) in [6, 6.07) is 9.36. The number of carbonyl (C=O) groups excluding carboxylic acids is 1. The Kier molecular flexibility index (Phi) is 5.38. The van der Waals surface area contributed by atoms with E-state index in [0.717, 1.165) is 24.0 Å². The van der Waals surface area contributed by atoms with Gasteiger partial charge in [0.1, 0.15) is 0 Å². The first kappa shape index (κ1) is 18.4. The highest BCUT2D eigenvalue weighted by Crippen LogP contribution is 2.29. The van der Waals surface area contributed by atoms with E-state index in [1.54, 1.807) is 12.1 Å². The molecule has 1 aliphatic carbocycles. The normalized spacial score (nSPS) is 12.9. The molecule has 0 unspecified atom stereocenters. The Morgan fingerprint density at radius 1 is 1.30 bits per heavy atom. The number of nitrogens with zero attached hydrogens (tertiary/aromatic N) is 1. The van der Waals surface area contributed by atoms with Gasteiger partial charge in [-0.1, -0.05) is 5.92 Å². The van der Waals surface area contributed by atoms with Crippen molar-refractivity contribution in [1.29, 1.82) is 0 Å².